The van der Waals surface area contributed by atoms with Crippen molar-refractivity contribution in [3.63, 3.8) is 0 Å². The van der Waals surface area contributed by atoms with E-state index in [2.05, 4.69) is 0 Å². The second kappa shape index (κ2) is 2.74. The van der Waals surface area contributed by atoms with Gasteiger partial charge in [0.05, 0.1) is 12.0 Å². The third-order valence-corrected chi connectivity index (χ3v) is 3.74. The average Bonchev–Trinajstić information content (AvgIpc) is 2.66. The smallest absolute Gasteiger partial charge is 0.309 e. The fourth-order valence-corrected chi connectivity index (χ4v) is 3.03. The van der Waals surface area contributed by atoms with E-state index in [1.807, 2.05) is 20.8 Å². The van der Waals surface area contributed by atoms with E-state index in [1.165, 1.54) is 0 Å². The first kappa shape index (κ1) is 9.60. The van der Waals surface area contributed by atoms with Gasteiger partial charge in [0.15, 0.2) is 5.79 Å². The molecule has 3 fully saturated rings. The molecule has 0 bridgehead atoms. The van der Waals surface area contributed by atoms with E-state index in [4.69, 9.17) is 14.2 Å². The van der Waals surface area contributed by atoms with Crippen molar-refractivity contribution in [1.82, 2.24) is 0 Å². The molecule has 3 aliphatic rings. The van der Waals surface area contributed by atoms with Crippen LogP contribution < -0.4 is 0 Å². The Morgan fingerprint density at radius 2 is 2.00 bits per heavy atom. The lowest BCUT2D eigenvalue weighted by molar-refractivity contribution is -0.169. The van der Waals surface area contributed by atoms with Gasteiger partial charge < -0.3 is 14.2 Å². The van der Waals surface area contributed by atoms with E-state index in [1.54, 1.807) is 0 Å². The van der Waals surface area contributed by atoms with Crippen LogP contribution in [0.4, 0.5) is 0 Å². The predicted molar refractivity (Wildman–Crippen MR) is 51.0 cm³/mol. The van der Waals surface area contributed by atoms with Gasteiger partial charge in [-0.2, -0.15) is 0 Å². The van der Waals surface area contributed by atoms with Crippen LogP contribution in [-0.4, -0.2) is 30.1 Å². The minimum atomic E-state index is -0.529. The second-order valence-corrected chi connectivity index (χ2v) is 5.23. The van der Waals surface area contributed by atoms with Crippen LogP contribution in [0.25, 0.3) is 0 Å². The summed E-state index contributed by atoms with van der Waals surface area (Å²) in [4.78, 5) is 11.4. The van der Waals surface area contributed by atoms with Crippen LogP contribution >= 0.6 is 0 Å². The van der Waals surface area contributed by atoms with Crippen LogP contribution in [0, 0.1) is 11.8 Å². The molecule has 0 spiro atoms. The minimum Gasteiger partial charge on any atom is -0.459 e. The molecule has 0 aromatic heterocycles. The summed E-state index contributed by atoms with van der Waals surface area (Å²) < 4.78 is 16.9. The normalized spacial score (nSPS) is 51.4. The number of esters is 1. The van der Waals surface area contributed by atoms with Crippen molar-refractivity contribution in [1.29, 1.82) is 0 Å². The molecule has 5 atom stereocenters. The minimum absolute atomic E-state index is 0.00378. The van der Waals surface area contributed by atoms with Gasteiger partial charge in [-0.3, -0.25) is 4.79 Å². The van der Waals surface area contributed by atoms with Crippen molar-refractivity contribution in [2.45, 2.75) is 51.3 Å². The topological polar surface area (TPSA) is 44.8 Å². The Bertz CT molecular complexity index is 312. The number of carbonyl (C=O) groups is 1. The Hall–Kier alpha value is -0.610. The summed E-state index contributed by atoms with van der Waals surface area (Å²) in [5, 5.41) is 0. The van der Waals surface area contributed by atoms with E-state index in [-0.39, 0.29) is 36.1 Å². The molecule has 1 aliphatic carbocycles. The summed E-state index contributed by atoms with van der Waals surface area (Å²) in [5.41, 5.74) is 0. The molecule has 4 nitrogen and oxygen atoms in total. The Balaban J connectivity index is 1.83. The quantitative estimate of drug-likeness (QED) is 0.564. The van der Waals surface area contributed by atoms with Crippen LogP contribution in [0.2, 0.25) is 0 Å². The van der Waals surface area contributed by atoms with Gasteiger partial charge in [0.1, 0.15) is 12.2 Å². The number of rotatable bonds is 0. The number of fused-ring (bicyclic) bond motifs is 3. The zero-order valence-corrected chi connectivity index (χ0v) is 9.23. The van der Waals surface area contributed by atoms with Gasteiger partial charge in [-0.1, -0.05) is 6.92 Å². The molecular weight excluding hydrogens is 196 g/mol. The molecule has 15 heavy (non-hydrogen) atoms. The van der Waals surface area contributed by atoms with Gasteiger partial charge in [0, 0.05) is 5.92 Å². The highest BCUT2D eigenvalue weighted by atomic mass is 16.8. The number of carbonyl (C=O) groups excluding carboxylic acids is 1. The van der Waals surface area contributed by atoms with Gasteiger partial charge in [0.25, 0.3) is 0 Å². The number of hydrogen-bond donors (Lipinski definition) is 0. The van der Waals surface area contributed by atoms with Gasteiger partial charge >= 0.3 is 5.97 Å². The molecule has 3 rings (SSSR count). The maximum atomic E-state index is 11.4. The summed E-state index contributed by atoms with van der Waals surface area (Å²) in [6.07, 6.45) is 0.842. The summed E-state index contributed by atoms with van der Waals surface area (Å²) in [7, 11) is 0. The average molecular weight is 212 g/mol. The third-order valence-electron chi connectivity index (χ3n) is 3.74. The van der Waals surface area contributed by atoms with E-state index >= 15 is 0 Å². The molecule has 0 aromatic carbocycles. The molecule has 0 amide bonds. The fraction of sp³-hybridized carbons (Fsp3) is 0.909. The van der Waals surface area contributed by atoms with Crippen LogP contribution in [0.5, 0.6) is 0 Å². The van der Waals surface area contributed by atoms with E-state index < -0.39 is 5.79 Å². The summed E-state index contributed by atoms with van der Waals surface area (Å²) in [6.45, 7) is 5.74. The van der Waals surface area contributed by atoms with Crippen molar-refractivity contribution in [2.75, 3.05) is 0 Å². The second-order valence-electron chi connectivity index (χ2n) is 5.23. The molecule has 0 aromatic rings. The fourth-order valence-electron chi connectivity index (χ4n) is 3.03. The van der Waals surface area contributed by atoms with E-state index in [0.29, 0.717) is 0 Å². The third kappa shape index (κ3) is 1.24. The Morgan fingerprint density at radius 1 is 1.27 bits per heavy atom. The predicted octanol–water partition coefficient (Wildman–Crippen LogP) is 1.09. The first-order valence-corrected chi connectivity index (χ1v) is 5.54. The largest absolute Gasteiger partial charge is 0.459 e. The lowest BCUT2D eigenvalue weighted by Gasteiger charge is -2.21. The molecule has 2 aliphatic heterocycles. The Kier molecular flexibility index (Phi) is 1.75. The van der Waals surface area contributed by atoms with Crippen molar-refractivity contribution in [3.05, 3.63) is 0 Å². The van der Waals surface area contributed by atoms with Crippen LogP contribution in [0.1, 0.15) is 27.2 Å². The first-order valence-electron chi connectivity index (χ1n) is 5.54. The van der Waals surface area contributed by atoms with E-state index in [9.17, 15) is 4.79 Å². The monoisotopic (exact) mass is 212 g/mol. The lowest BCUT2D eigenvalue weighted by atomic mass is 9.94. The lowest BCUT2D eigenvalue weighted by Crippen LogP contribution is -2.31. The molecule has 0 radical (unpaired) electrons. The molecule has 0 unspecified atom stereocenters. The van der Waals surface area contributed by atoms with Crippen molar-refractivity contribution < 1.29 is 19.0 Å². The van der Waals surface area contributed by atoms with Crippen LogP contribution in [0.15, 0.2) is 0 Å². The summed E-state index contributed by atoms with van der Waals surface area (Å²) in [6, 6.07) is 0. The maximum Gasteiger partial charge on any atom is 0.309 e. The van der Waals surface area contributed by atoms with Gasteiger partial charge in [-0.05, 0) is 20.3 Å². The summed E-state index contributed by atoms with van der Waals surface area (Å²) in [5.74, 6) is -0.338. The molecule has 0 N–H and O–H groups in total. The molecule has 2 saturated heterocycles. The van der Waals surface area contributed by atoms with E-state index in [0.717, 1.165) is 6.42 Å². The Labute approximate surface area is 88.9 Å². The molecule has 4 heteroatoms. The highest BCUT2D eigenvalue weighted by Gasteiger charge is 2.60. The standard InChI is InChI=1S/C11H16O4/c1-5-6-4-7-9(8(6)13-10(5)12)15-11(2,3)14-7/h5-9H,4H2,1-3H3/t5-,6-,7+,8+,9+/m1/s1. The van der Waals surface area contributed by atoms with Crippen molar-refractivity contribution in [3.8, 4) is 0 Å². The number of ether oxygens (including phenoxy) is 3. The van der Waals surface area contributed by atoms with Crippen molar-refractivity contribution in [2.24, 2.45) is 11.8 Å². The van der Waals surface area contributed by atoms with Gasteiger partial charge in [-0.15, -0.1) is 0 Å². The highest BCUT2D eigenvalue weighted by Crippen LogP contribution is 2.48. The molecular formula is C11H16O4. The zero-order chi connectivity index (χ0) is 10.8. The number of hydrogen-bond acceptors (Lipinski definition) is 4. The molecule has 84 valence electrons. The summed E-state index contributed by atoms with van der Waals surface area (Å²) >= 11 is 0. The maximum absolute atomic E-state index is 11.4. The van der Waals surface area contributed by atoms with Gasteiger partial charge in [-0.25, -0.2) is 0 Å². The highest BCUT2D eigenvalue weighted by molar-refractivity contribution is 5.75. The SMILES string of the molecule is C[C@H]1C(=O)O[C@H]2[C@@H]1C[C@@H]1OC(C)(C)O[C@H]21. The Morgan fingerprint density at radius 3 is 2.73 bits per heavy atom. The van der Waals surface area contributed by atoms with Crippen molar-refractivity contribution >= 4 is 5.97 Å². The van der Waals surface area contributed by atoms with Gasteiger partial charge in [0.2, 0.25) is 0 Å². The zero-order valence-electron chi connectivity index (χ0n) is 9.23. The molecule has 2 heterocycles. The molecule has 1 saturated carbocycles. The van der Waals surface area contributed by atoms with Crippen LogP contribution in [0.3, 0.4) is 0 Å². The first-order chi connectivity index (χ1) is 6.98. The van der Waals surface area contributed by atoms with Crippen LogP contribution in [-0.2, 0) is 19.0 Å².